The maximum Gasteiger partial charge on any atom is 0.203 e. The maximum atomic E-state index is 13.6. The number of anilines is 1. The molecule has 0 amide bonds. The van der Waals surface area contributed by atoms with E-state index in [-0.39, 0.29) is 17.2 Å². The average molecular weight is 531 g/mol. The number of thiophene rings is 1. The van der Waals surface area contributed by atoms with Crippen LogP contribution in [0.2, 0.25) is 0 Å². The zero-order chi connectivity index (χ0) is 27.0. The van der Waals surface area contributed by atoms with E-state index in [1.165, 1.54) is 26.2 Å². The number of carbonyl (C=O) groups is 1. The van der Waals surface area contributed by atoms with E-state index >= 15 is 0 Å². The number of nitriles is 2. The lowest BCUT2D eigenvalue weighted by molar-refractivity contribution is -0.116. The summed E-state index contributed by atoms with van der Waals surface area (Å²) in [5.74, 6) is 0.837. The van der Waals surface area contributed by atoms with Crippen molar-refractivity contribution in [2.45, 2.75) is 57.3 Å². The van der Waals surface area contributed by atoms with Gasteiger partial charge in [0, 0.05) is 22.6 Å². The van der Waals surface area contributed by atoms with Gasteiger partial charge < -0.3 is 19.9 Å². The van der Waals surface area contributed by atoms with E-state index in [2.05, 4.69) is 12.1 Å². The van der Waals surface area contributed by atoms with Crippen LogP contribution in [0.5, 0.6) is 17.2 Å². The number of fused-ring (bicyclic) bond motifs is 1. The van der Waals surface area contributed by atoms with Crippen LogP contribution in [-0.4, -0.2) is 27.1 Å². The van der Waals surface area contributed by atoms with E-state index in [0.29, 0.717) is 53.2 Å². The number of hydrogen-bond acceptors (Lipinski definition) is 9. The molecule has 0 radical (unpaired) electrons. The van der Waals surface area contributed by atoms with Crippen LogP contribution in [0.3, 0.4) is 0 Å². The molecule has 2 N–H and O–H groups in total. The number of hydrogen-bond donors (Lipinski definition) is 1. The molecule has 3 aliphatic rings. The molecule has 0 saturated carbocycles. The highest BCUT2D eigenvalue weighted by Crippen LogP contribution is 2.51. The van der Waals surface area contributed by atoms with Crippen LogP contribution in [0.4, 0.5) is 5.00 Å². The Hall–Kier alpha value is -3.95. The zero-order valence-electron chi connectivity index (χ0n) is 21.8. The molecule has 1 aromatic carbocycles. The molecule has 0 fully saturated rings. The lowest BCUT2D eigenvalue weighted by atomic mass is 9.75. The van der Waals surface area contributed by atoms with Crippen LogP contribution in [-0.2, 0) is 17.6 Å². The molecule has 0 spiro atoms. The fourth-order valence-electron chi connectivity index (χ4n) is 5.92. The second-order valence-corrected chi connectivity index (χ2v) is 10.7. The van der Waals surface area contributed by atoms with Crippen molar-refractivity contribution in [2.75, 3.05) is 26.2 Å². The van der Waals surface area contributed by atoms with E-state index in [4.69, 9.17) is 19.9 Å². The van der Waals surface area contributed by atoms with Crippen LogP contribution in [0.25, 0.3) is 0 Å². The maximum absolute atomic E-state index is 13.6. The predicted octanol–water partition coefficient (Wildman–Crippen LogP) is 5.22. The molecule has 2 heterocycles. The van der Waals surface area contributed by atoms with E-state index in [9.17, 15) is 15.3 Å². The Morgan fingerprint density at radius 2 is 1.66 bits per heavy atom. The van der Waals surface area contributed by atoms with Crippen LogP contribution in [0, 0.1) is 22.7 Å². The Labute approximate surface area is 226 Å². The van der Waals surface area contributed by atoms with E-state index in [0.717, 1.165) is 48.4 Å². The normalized spacial score (nSPS) is 19.2. The summed E-state index contributed by atoms with van der Waals surface area (Å²) in [6, 6.07) is 8.27. The van der Waals surface area contributed by atoms with E-state index < -0.39 is 5.92 Å². The Bertz CT molecular complexity index is 1430. The summed E-state index contributed by atoms with van der Waals surface area (Å²) in [5, 5.41) is 21.4. The molecule has 0 unspecified atom stereocenters. The van der Waals surface area contributed by atoms with Crippen molar-refractivity contribution in [1.29, 1.82) is 10.5 Å². The Morgan fingerprint density at radius 3 is 2.29 bits per heavy atom. The quantitative estimate of drug-likeness (QED) is 0.522. The minimum Gasteiger partial charge on any atom is -0.493 e. The van der Waals surface area contributed by atoms with Crippen molar-refractivity contribution < 1.29 is 19.0 Å². The van der Waals surface area contributed by atoms with Crippen molar-refractivity contribution in [1.82, 2.24) is 0 Å². The number of nitrogens with two attached hydrogens (primary N) is 1. The van der Waals surface area contributed by atoms with Crippen LogP contribution < -0.4 is 24.8 Å². The summed E-state index contributed by atoms with van der Waals surface area (Å²) in [6.45, 7) is 0. The Kier molecular flexibility index (Phi) is 7.05. The summed E-state index contributed by atoms with van der Waals surface area (Å²) in [6.07, 6.45) is 6.74. The van der Waals surface area contributed by atoms with Crippen molar-refractivity contribution >= 4 is 22.1 Å². The number of carbonyl (C=O) groups excluding carboxylic acids is 1. The van der Waals surface area contributed by atoms with Gasteiger partial charge in [0.2, 0.25) is 5.75 Å². The second kappa shape index (κ2) is 10.4. The SMILES string of the molecule is COc1cc([C@@H]2C(C#N)=C(N)N(c3sc4c(c3C#N)CCCCC4)C3=C2C(=O)CCC3)cc(OC)c1OC. The van der Waals surface area contributed by atoms with Gasteiger partial charge in [-0.3, -0.25) is 9.69 Å². The molecule has 1 aromatic heterocycles. The Balaban J connectivity index is 1.76. The molecule has 2 aromatic rings. The number of aryl methyl sites for hydroxylation is 1. The summed E-state index contributed by atoms with van der Waals surface area (Å²) in [7, 11) is 4.58. The van der Waals surface area contributed by atoms with Gasteiger partial charge in [-0.05, 0) is 61.8 Å². The van der Waals surface area contributed by atoms with Gasteiger partial charge in [0.1, 0.15) is 16.9 Å². The van der Waals surface area contributed by atoms with Crippen molar-refractivity contribution in [3.63, 3.8) is 0 Å². The fraction of sp³-hybridized carbons (Fsp3) is 0.414. The van der Waals surface area contributed by atoms with Gasteiger partial charge in [0.05, 0.1) is 44.5 Å². The van der Waals surface area contributed by atoms with Gasteiger partial charge >= 0.3 is 0 Å². The topological polar surface area (TPSA) is 122 Å². The first-order chi connectivity index (χ1) is 18.5. The molecule has 2 aliphatic carbocycles. The van der Waals surface area contributed by atoms with Crippen LogP contribution in [0.15, 0.2) is 34.8 Å². The van der Waals surface area contributed by atoms with Gasteiger partial charge in [-0.2, -0.15) is 10.5 Å². The number of benzene rings is 1. The number of nitrogens with zero attached hydrogens (tertiary/aromatic N) is 3. The molecule has 196 valence electrons. The smallest absolute Gasteiger partial charge is 0.203 e. The molecule has 5 rings (SSSR count). The highest BCUT2D eigenvalue weighted by atomic mass is 32.1. The summed E-state index contributed by atoms with van der Waals surface area (Å²) in [5.41, 5.74) is 10.7. The van der Waals surface area contributed by atoms with E-state index in [1.54, 1.807) is 23.5 Å². The largest absolute Gasteiger partial charge is 0.493 e. The van der Waals surface area contributed by atoms with Gasteiger partial charge in [-0.1, -0.05) is 6.42 Å². The molecule has 8 nitrogen and oxygen atoms in total. The molecular weight excluding hydrogens is 500 g/mol. The molecule has 38 heavy (non-hydrogen) atoms. The average Bonchev–Trinajstić information content (AvgIpc) is 3.11. The summed E-state index contributed by atoms with van der Waals surface area (Å²) in [4.78, 5) is 16.6. The number of methoxy groups -OCH3 is 3. The lowest BCUT2D eigenvalue weighted by Crippen LogP contribution is -2.38. The van der Waals surface area contributed by atoms with Gasteiger partial charge in [-0.15, -0.1) is 11.3 Å². The first kappa shape index (κ1) is 25.7. The summed E-state index contributed by atoms with van der Waals surface area (Å²) >= 11 is 1.57. The number of Topliss-reactive ketones (excluding diaryl/α,β-unsaturated/α-hetero) is 1. The van der Waals surface area contributed by atoms with Crippen molar-refractivity contribution in [3.05, 3.63) is 56.4 Å². The fourth-order valence-corrected chi connectivity index (χ4v) is 7.30. The molecule has 1 atom stereocenters. The number of rotatable bonds is 5. The van der Waals surface area contributed by atoms with Crippen LogP contribution >= 0.6 is 11.3 Å². The van der Waals surface area contributed by atoms with Crippen LogP contribution in [0.1, 0.15) is 66.0 Å². The first-order valence-electron chi connectivity index (χ1n) is 12.8. The molecule has 0 bridgehead atoms. The first-order valence-corrected chi connectivity index (χ1v) is 13.6. The summed E-state index contributed by atoms with van der Waals surface area (Å²) < 4.78 is 16.6. The third-order valence-electron chi connectivity index (χ3n) is 7.65. The van der Waals surface area contributed by atoms with E-state index in [1.807, 2.05) is 4.90 Å². The molecule has 9 heteroatoms. The molecular formula is C29H30N4O4S. The van der Waals surface area contributed by atoms with Gasteiger partial charge in [0.15, 0.2) is 17.3 Å². The minimum absolute atomic E-state index is 0.0214. The predicted molar refractivity (Wildman–Crippen MR) is 144 cm³/mol. The van der Waals surface area contributed by atoms with Gasteiger partial charge in [-0.25, -0.2) is 0 Å². The molecule has 1 aliphatic heterocycles. The zero-order valence-corrected chi connectivity index (χ0v) is 22.7. The lowest BCUT2D eigenvalue weighted by Gasteiger charge is -2.39. The Morgan fingerprint density at radius 1 is 0.947 bits per heavy atom. The third-order valence-corrected chi connectivity index (χ3v) is 8.93. The number of ketones is 1. The molecule has 0 saturated heterocycles. The highest BCUT2D eigenvalue weighted by Gasteiger charge is 2.42. The minimum atomic E-state index is -0.684. The van der Waals surface area contributed by atoms with Gasteiger partial charge in [0.25, 0.3) is 0 Å². The standard InChI is InChI=1S/C29H30N4O4S/c1-35-22-12-16(13-23(36-2)27(22)37-3)25-19(15-31)28(32)33(20-9-7-10-21(34)26(20)25)29-18(14-30)17-8-5-4-6-11-24(17)38-29/h12-13,25H,4-11,32H2,1-3H3/t25-/m1/s1. The number of ether oxygens (including phenoxy) is 3. The van der Waals surface area contributed by atoms with Crippen molar-refractivity contribution in [2.24, 2.45) is 5.73 Å². The third kappa shape index (κ3) is 3.99. The monoisotopic (exact) mass is 530 g/mol. The highest BCUT2D eigenvalue weighted by molar-refractivity contribution is 7.16. The second-order valence-electron chi connectivity index (χ2n) is 9.63. The number of allylic oxidation sites excluding steroid dienone is 3. The van der Waals surface area contributed by atoms with Crippen molar-refractivity contribution in [3.8, 4) is 29.4 Å².